The van der Waals surface area contributed by atoms with Crippen molar-refractivity contribution in [3.05, 3.63) is 23.2 Å². The number of benzene rings is 1. The lowest BCUT2D eigenvalue weighted by Gasteiger charge is -2.12. The fraction of sp³-hybridized carbons (Fsp3) is 0.462. The normalized spacial score (nSPS) is 22.3. The van der Waals surface area contributed by atoms with Crippen molar-refractivity contribution in [2.24, 2.45) is 0 Å². The van der Waals surface area contributed by atoms with E-state index in [-0.39, 0.29) is 18.1 Å². The molecule has 1 saturated heterocycles. The first-order chi connectivity index (χ1) is 9.13. The van der Waals surface area contributed by atoms with Gasteiger partial charge in [-0.1, -0.05) is 11.6 Å². The van der Waals surface area contributed by atoms with E-state index in [4.69, 9.17) is 21.1 Å². The third-order valence-corrected chi connectivity index (χ3v) is 3.46. The maximum atomic E-state index is 12.0. The highest BCUT2D eigenvalue weighted by Gasteiger charge is 2.29. The lowest BCUT2D eigenvalue weighted by atomic mass is 10.2. The molecule has 1 aliphatic rings. The molecular formula is C13H17ClN2O3. The number of amides is 1. The lowest BCUT2D eigenvalue weighted by Crippen LogP contribution is -2.35. The van der Waals surface area contributed by atoms with Gasteiger partial charge in [-0.25, -0.2) is 0 Å². The number of ether oxygens (including phenoxy) is 2. The Hall–Kier alpha value is -1.30. The molecule has 1 amide bonds. The summed E-state index contributed by atoms with van der Waals surface area (Å²) >= 11 is 6.01. The number of hydrogen-bond donors (Lipinski definition) is 2. The van der Waals surface area contributed by atoms with Gasteiger partial charge in [0.15, 0.2) is 0 Å². The molecule has 0 spiro atoms. The highest BCUT2D eigenvalue weighted by molar-refractivity contribution is 6.32. The zero-order valence-corrected chi connectivity index (χ0v) is 11.7. The minimum atomic E-state index is -0.231. The van der Waals surface area contributed by atoms with Gasteiger partial charge >= 0.3 is 0 Å². The lowest BCUT2D eigenvalue weighted by molar-refractivity contribution is -0.118. The predicted octanol–water partition coefficient (Wildman–Crippen LogP) is 1.66. The fourth-order valence-corrected chi connectivity index (χ4v) is 2.31. The van der Waals surface area contributed by atoms with Gasteiger partial charge in [0.05, 0.1) is 24.3 Å². The molecule has 1 aliphatic heterocycles. The molecule has 2 atom stereocenters. The molecule has 2 unspecified atom stereocenters. The number of halogens is 1. The molecule has 1 fully saturated rings. The van der Waals surface area contributed by atoms with Gasteiger partial charge in [0.25, 0.3) is 0 Å². The molecule has 0 saturated carbocycles. The van der Waals surface area contributed by atoms with Gasteiger partial charge in [-0.05, 0) is 24.6 Å². The summed E-state index contributed by atoms with van der Waals surface area (Å²) in [4.78, 5) is 12.0. The van der Waals surface area contributed by atoms with Crippen molar-refractivity contribution in [3.8, 4) is 5.75 Å². The highest BCUT2D eigenvalue weighted by Crippen LogP contribution is 2.27. The molecule has 104 valence electrons. The van der Waals surface area contributed by atoms with E-state index >= 15 is 0 Å². The summed E-state index contributed by atoms with van der Waals surface area (Å²) < 4.78 is 10.3. The Bertz CT molecular complexity index is 467. The van der Waals surface area contributed by atoms with E-state index in [0.717, 1.165) is 0 Å². The van der Waals surface area contributed by atoms with Gasteiger partial charge in [-0.2, -0.15) is 0 Å². The first kappa shape index (κ1) is 14.1. The number of carbonyl (C=O) groups excluding carboxylic acids is 1. The molecule has 0 aliphatic carbocycles. The van der Waals surface area contributed by atoms with Crippen LogP contribution in [0.3, 0.4) is 0 Å². The molecule has 0 aromatic heterocycles. The molecular weight excluding hydrogens is 268 g/mol. The van der Waals surface area contributed by atoms with Crippen molar-refractivity contribution in [1.82, 2.24) is 5.32 Å². The van der Waals surface area contributed by atoms with Crippen molar-refractivity contribution in [2.75, 3.05) is 26.1 Å². The summed E-state index contributed by atoms with van der Waals surface area (Å²) in [6, 6.07) is 4.91. The van der Waals surface area contributed by atoms with Crippen LogP contribution < -0.4 is 15.4 Å². The summed E-state index contributed by atoms with van der Waals surface area (Å²) in [7, 11) is 3.20. The van der Waals surface area contributed by atoms with Crippen molar-refractivity contribution in [2.45, 2.75) is 18.6 Å². The van der Waals surface area contributed by atoms with E-state index < -0.39 is 0 Å². The molecule has 1 aromatic rings. The largest absolute Gasteiger partial charge is 0.495 e. The number of anilines is 1. The second-order valence-electron chi connectivity index (χ2n) is 4.39. The number of nitrogens with one attached hydrogen (secondary N) is 2. The standard InChI is InChI=1S/C13H17ClN2O3/c1-18-9-6-11(15-7-9)13(17)16-8-3-4-12(19-2)10(14)5-8/h3-5,9,11,15H,6-7H2,1-2H3,(H,16,17). The van der Waals surface area contributed by atoms with Crippen LogP contribution in [0, 0.1) is 0 Å². The zero-order chi connectivity index (χ0) is 13.8. The van der Waals surface area contributed by atoms with Gasteiger partial charge in [-0.15, -0.1) is 0 Å². The van der Waals surface area contributed by atoms with Gasteiger partial charge in [0.2, 0.25) is 5.91 Å². The van der Waals surface area contributed by atoms with Gasteiger partial charge < -0.3 is 20.1 Å². The van der Waals surface area contributed by atoms with Crippen LogP contribution in [0.1, 0.15) is 6.42 Å². The van der Waals surface area contributed by atoms with Crippen molar-refractivity contribution in [3.63, 3.8) is 0 Å². The fourth-order valence-electron chi connectivity index (χ4n) is 2.06. The number of rotatable bonds is 4. The third kappa shape index (κ3) is 3.37. The van der Waals surface area contributed by atoms with E-state index in [1.54, 1.807) is 32.4 Å². The van der Waals surface area contributed by atoms with E-state index in [9.17, 15) is 4.79 Å². The zero-order valence-electron chi connectivity index (χ0n) is 10.9. The Morgan fingerprint density at radius 1 is 1.47 bits per heavy atom. The van der Waals surface area contributed by atoms with E-state index in [0.29, 0.717) is 29.4 Å². The van der Waals surface area contributed by atoms with Gasteiger partial charge in [0, 0.05) is 19.3 Å². The Labute approximate surface area is 117 Å². The Kier molecular flexibility index (Phi) is 4.63. The number of carbonyl (C=O) groups is 1. The van der Waals surface area contributed by atoms with Crippen LogP contribution in [-0.4, -0.2) is 38.8 Å². The minimum absolute atomic E-state index is 0.0826. The average molecular weight is 285 g/mol. The smallest absolute Gasteiger partial charge is 0.241 e. The summed E-state index contributed by atoms with van der Waals surface area (Å²) in [5.41, 5.74) is 0.651. The Morgan fingerprint density at radius 2 is 2.26 bits per heavy atom. The van der Waals surface area contributed by atoms with E-state index in [1.165, 1.54) is 0 Å². The Balaban J connectivity index is 1.97. The van der Waals surface area contributed by atoms with Crippen LogP contribution in [0.25, 0.3) is 0 Å². The summed E-state index contributed by atoms with van der Waals surface area (Å²) in [5, 5.41) is 6.41. The molecule has 2 rings (SSSR count). The monoisotopic (exact) mass is 284 g/mol. The van der Waals surface area contributed by atoms with Crippen LogP contribution in [0.5, 0.6) is 5.75 Å². The first-order valence-electron chi connectivity index (χ1n) is 6.04. The summed E-state index contributed by atoms with van der Waals surface area (Å²) in [6.45, 7) is 0.692. The second kappa shape index (κ2) is 6.23. The van der Waals surface area contributed by atoms with Crippen molar-refractivity contribution >= 4 is 23.2 Å². The third-order valence-electron chi connectivity index (χ3n) is 3.16. The second-order valence-corrected chi connectivity index (χ2v) is 4.80. The quantitative estimate of drug-likeness (QED) is 0.883. The Morgan fingerprint density at radius 3 is 2.84 bits per heavy atom. The summed E-state index contributed by atoms with van der Waals surface area (Å²) in [5.74, 6) is 0.499. The van der Waals surface area contributed by atoms with Gasteiger partial charge in [-0.3, -0.25) is 4.79 Å². The summed E-state index contributed by atoms with van der Waals surface area (Å²) in [6.07, 6.45) is 0.766. The van der Waals surface area contributed by atoms with Crippen LogP contribution in [0.15, 0.2) is 18.2 Å². The maximum absolute atomic E-state index is 12.0. The average Bonchev–Trinajstić information content (AvgIpc) is 2.88. The molecule has 19 heavy (non-hydrogen) atoms. The van der Waals surface area contributed by atoms with Gasteiger partial charge in [0.1, 0.15) is 5.75 Å². The molecule has 2 N–H and O–H groups in total. The van der Waals surface area contributed by atoms with Crippen LogP contribution >= 0.6 is 11.6 Å². The molecule has 1 heterocycles. The molecule has 0 radical (unpaired) electrons. The number of hydrogen-bond acceptors (Lipinski definition) is 4. The molecule has 5 nitrogen and oxygen atoms in total. The van der Waals surface area contributed by atoms with Crippen LogP contribution in [0.2, 0.25) is 5.02 Å². The SMILES string of the molecule is COc1ccc(NC(=O)C2CC(OC)CN2)cc1Cl. The van der Waals surface area contributed by atoms with E-state index in [2.05, 4.69) is 10.6 Å². The first-order valence-corrected chi connectivity index (χ1v) is 6.42. The van der Waals surface area contributed by atoms with E-state index in [1.807, 2.05) is 0 Å². The topological polar surface area (TPSA) is 59.6 Å². The maximum Gasteiger partial charge on any atom is 0.241 e. The van der Waals surface area contributed by atoms with Crippen molar-refractivity contribution < 1.29 is 14.3 Å². The minimum Gasteiger partial charge on any atom is -0.495 e. The highest BCUT2D eigenvalue weighted by atomic mass is 35.5. The number of methoxy groups -OCH3 is 2. The van der Waals surface area contributed by atoms with Crippen LogP contribution in [0.4, 0.5) is 5.69 Å². The van der Waals surface area contributed by atoms with Crippen molar-refractivity contribution in [1.29, 1.82) is 0 Å². The molecule has 0 bridgehead atoms. The molecule has 1 aromatic carbocycles. The van der Waals surface area contributed by atoms with Crippen LogP contribution in [-0.2, 0) is 9.53 Å². The predicted molar refractivity (Wildman–Crippen MR) is 73.8 cm³/mol. The molecule has 6 heteroatoms.